The summed E-state index contributed by atoms with van der Waals surface area (Å²) in [5, 5.41) is 16.2. The minimum absolute atomic E-state index is 0.0344. The highest BCUT2D eigenvalue weighted by molar-refractivity contribution is 6.06. The number of nitro benzene ring substituents is 1. The molecule has 3 rings (SSSR count). The number of nitrogens with one attached hydrogen (secondary N) is 2. The van der Waals surface area contributed by atoms with Crippen molar-refractivity contribution >= 4 is 35.0 Å². The lowest BCUT2D eigenvalue weighted by molar-refractivity contribution is -0.384. The molecule has 0 atom stereocenters. The van der Waals surface area contributed by atoms with Gasteiger partial charge in [-0.3, -0.25) is 19.7 Å². The van der Waals surface area contributed by atoms with Gasteiger partial charge in [0.05, 0.1) is 30.5 Å². The molecular weight excluding hydrogens is 426 g/mol. The molecule has 3 aromatic rings. The Balaban J connectivity index is 1.76. The molecule has 2 N–H and O–H groups in total. The first kappa shape index (κ1) is 23.0. The molecule has 2 amide bonds. The van der Waals surface area contributed by atoms with Crippen LogP contribution in [0.15, 0.2) is 72.8 Å². The number of benzene rings is 3. The van der Waals surface area contributed by atoms with E-state index in [0.717, 1.165) is 0 Å². The minimum atomic E-state index is -0.494. The fraction of sp³-hybridized carbons (Fsp3) is 0.0833. The Bertz CT molecular complexity index is 1190. The number of rotatable bonds is 8. The highest BCUT2D eigenvalue weighted by atomic mass is 16.6. The maximum atomic E-state index is 12.5. The van der Waals surface area contributed by atoms with Crippen molar-refractivity contribution in [2.45, 2.75) is 0 Å². The second-order valence-corrected chi connectivity index (χ2v) is 6.74. The fourth-order valence-electron chi connectivity index (χ4n) is 2.93. The first-order chi connectivity index (χ1) is 15.9. The van der Waals surface area contributed by atoms with E-state index in [1.54, 1.807) is 30.3 Å². The molecule has 0 spiro atoms. The predicted molar refractivity (Wildman–Crippen MR) is 125 cm³/mol. The van der Waals surface area contributed by atoms with Gasteiger partial charge in [-0.15, -0.1) is 0 Å². The number of anilines is 2. The molecular formula is C24H21N3O6. The Morgan fingerprint density at radius 1 is 0.879 bits per heavy atom. The molecule has 3 aromatic carbocycles. The summed E-state index contributed by atoms with van der Waals surface area (Å²) in [6, 6.07) is 17.6. The number of hydrogen-bond acceptors (Lipinski definition) is 6. The summed E-state index contributed by atoms with van der Waals surface area (Å²) in [6.45, 7) is 0. The number of methoxy groups -OCH3 is 2. The van der Waals surface area contributed by atoms with Crippen molar-refractivity contribution in [3.8, 4) is 11.5 Å². The Morgan fingerprint density at radius 3 is 2.00 bits per heavy atom. The molecule has 0 fully saturated rings. The Hall–Kier alpha value is -4.66. The van der Waals surface area contributed by atoms with Crippen LogP contribution in [0.1, 0.15) is 15.9 Å². The molecule has 0 aliphatic carbocycles. The molecule has 0 aliphatic rings. The van der Waals surface area contributed by atoms with Crippen LogP contribution in [0.3, 0.4) is 0 Å². The number of non-ortho nitro benzene ring substituents is 1. The highest BCUT2D eigenvalue weighted by Gasteiger charge is 2.15. The molecule has 0 saturated heterocycles. The number of hydrogen-bond donors (Lipinski definition) is 2. The molecule has 168 valence electrons. The SMILES string of the molecule is COc1cc(NC(=O)c2ccccc2)c(OC)cc1NC(=O)C=Cc1ccc([N+](=O)[O-])cc1. The molecule has 9 heteroatoms. The van der Waals surface area contributed by atoms with Crippen LogP contribution >= 0.6 is 0 Å². The van der Waals surface area contributed by atoms with E-state index in [4.69, 9.17) is 9.47 Å². The van der Waals surface area contributed by atoms with Gasteiger partial charge in [-0.25, -0.2) is 0 Å². The normalized spacial score (nSPS) is 10.5. The van der Waals surface area contributed by atoms with Crippen LogP contribution in [0.4, 0.5) is 17.1 Å². The lowest BCUT2D eigenvalue weighted by Crippen LogP contribution is -2.14. The molecule has 0 unspecified atom stereocenters. The molecule has 9 nitrogen and oxygen atoms in total. The monoisotopic (exact) mass is 447 g/mol. The smallest absolute Gasteiger partial charge is 0.269 e. The number of carbonyl (C=O) groups is 2. The third kappa shape index (κ3) is 5.95. The van der Waals surface area contributed by atoms with Gasteiger partial charge in [0.2, 0.25) is 5.91 Å². The largest absolute Gasteiger partial charge is 0.494 e. The van der Waals surface area contributed by atoms with Crippen LogP contribution in [0.5, 0.6) is 11.5 Å². The van der Waals surface area contributed by atoms with Gasteiger partial charge in [-0.05, 0) is 35.9 Å². The molecule has 0 aromatic heterocycles. The van der Waals surface area contributed by atoms with Crippen molar-refractivity contribution < 1.29 is 24.0 Å². The number of ether oxygens (including phenoxy) is 2. The van der Waals surface area contributed by atoms with E-state index in [1.165, 1.54) is 56.7 Å². The molecule has 0 saturated carbocycles. The van der Waals surface area contributed by atoms with Gasteiger partial charge < -0.3 is 20.1 Å². The average molecular weight is 447 g/mol. The van der Waals surface area contributed by atoms with Crippen molar-refractivity contribution in [3.05, 3.63) is 94.0 Å². The summed E-state index contributed by atoms with van der Waals surface area (Å²) in [5.41, 5.74) is 1.78. The summed E-state index contributed by atoms with van der Waals surface area (Å²) in [5.74, 6) is -0.125. The number of nitro groups is 1. The van der Waals surface area contributed by atoms with E-state index in [-0.39, 0.29) is 11.6 Å². The second-order valence-electron chi connectivity index (χ2n) is 6.74. The van der Waals surface area contributed by atoms with Crippen LogP contribution in [0.25, 0.3) is 6.08 Å². The number of amides is 2. The van der Waals surface area contributed by atoms with E-state index >= 15 is 0 Å². The van der Waals surface area contributed by atoms with E-state index in [2.05, 4.69) is 10.6 Å². The van der Waals surface area contributed by atoms with Crippen LogP contribution < -0.4 is 20.1 Å². The number of carbonyl (C=O) groups excluding carboxylic acids is 2. The van der Waals surface area contributed by atoms with Gasteiger partial charge in [0, 0.05) is 35.9 Å². The van der Waals surface area contributed by atoms with Crippen molar-refractivity contribution in [3.63, 3.8) is 0 Å². The van der Waals surface area contributed by atoms with Crippen molar-refractivity contribution in [1.82, 2.24) is 0 Å². The summed E-state index contributed by atoms with van der Waals surface area (Å²) in [7, 11) is 2.88. The fourth-order valence-corrected chi connectivity index (χ4v) is 2.93. The van der Waals surface area contributed by atoms with Gasteiger partial charge in [-0.1, -0.05) is 18.2 Å². The van der Waals surface area contributed by atoms with E-state index in [0.29, 0.717) is 34.0 Å². The topological polar surface area (TPSA) is 120 Å². The summed E-state index contributed by atoms with van der Waals surface area (Å²) >= 11 is 0. The van der Waals surface area contributed by atoms with E-state index in [1.807, 2.05) is 6.07 Å². The maximum absolute atomic E-state index is 12.5. The summed E-state index contributed by atoms with van der Waals surface area (Å²) in [6.07, 6.45) is 2.81. The van der Waals surface area contributed by atoms with Gasteiger partial charge in [0.25, 0.3) is 11.6 Å². The van der Waals surface area contributed by atoms with Gasteiger partial charge in [0.1, 0.15) is 11.5 Å². The quantitative estimate of drug-likeness (QED) is 0.298. The standard InChI is InChI=1S/C24H21N3O6/c1-32-21-15-20(26-24(29)17-6-4-3-5-7-17)22(33-2)14-19(21)25-23(28)13-10-16-8-11-18(12-9-16)27(30)31/h3-15H,1-2H3,(H,25,28)(H,26,29). The molecule has 0 bridgehead atoms. The first-order valence-electron chi connectivity index (χ1n) is 9.77. The lowest BCUT2D eigenvalue weighted by Gasteiger charge is -2.16. The number of nitrogens with zero attached hydrogens (tertiary/aromatic N) is 1. The van der Waals surface area contributed by atoms with Gasteiger partial charge in [-0.2, -0.15) is 0 Å². The van der Waals surface area contributed by atoms with Crippen LogP contribution in [-0.4, -0.2) is 31.0 Å². The second kappa shape index (κ2) is 10.6. The van der Waals surface area contributed by atoms with Crippen LogP contribution in [0, 0.1) is 10.1 Å². The Labute approximate surface area is 189 Å². The minimum Gasteiger partial charge on any atom is -0.494 e. The third-order valence-corrected chi connectivity index (χ3v) is 4.59. The van der Waals surface area contributed by atoms with Gasteiger partial charge in [0.15, 0.2) is 0 Å². The molecule has 0 aliphatic heterocycles. The molecule has 33 heavy (non-hydrogen) atoms. The molecule has 0 heterocycles. The molecule has 0 radical (unpaired) electrons. The van der Waals surface area contributed by atoms with E-state index < -0.39 is 10.8 Å². The van der Waals surface area contributed by atoms with Crippen molar-refractivity contribution in [2.24, 2.45) is 0 Å². The average Bonchev–Trinajstić information content (AvgIpc) is 2.84. The summed E-state index contributed by atoms with van der Waals surface area (Å²) in [4.78, 5) is 35.1. The highest BCUT2D eigenvalue weighted by Crippen LogP contribution is 2.36. The first-order valence-corrected chi connectivity index (χ1v) is 9.77. The van der Waals surface area contributed by atoms with Crippen LogP contribution in [0.2, 0.25) is 0 Å². The van der Waals surface area contributed by atoms with E-state index in [9.17, 15) is 19.7 Å². The van der Waals surface area contributed by atoms with Crippen molar-refractivity contribution in [1.29, 1.82) is 0 Å². The zero-order valence-electron chi connectivity index (χ0n) is 17.9. The third-order valence-electron chi connectivity index (χ3n) is 4.59. The zero-order valence-corrected chi connectivity index (χ0v) is 17.9. The Kier molecular flexibility index (Phi) is 7.38. The van der Waals surface area contributed by atoms with Crippen molar-refractivity contribution in [2.75, 3.05) is 24.9 Å². The lowest BCUT2D eigenvalue weighted by atomic mass is 10.2. The zero-order chi connectivity index (χ0) is 23.8. The predicted octanol–water partition coefficient (Wildman–Crippen LogP) is 4.52. The Morgan fingerprint density at radius 2 is 1.45 bits per heavy atom. The van der Waals surface area contributed by atoms with Gasteiger partial charge >= 0.3 is 0 Å². The summed E-state index contributed by atoms with van der Waals surface area (Å²) < 4.78 is 10.7. The maximum Gasteiger partial charge on any atom is 0.269 e. The van der Waals surface area contributed by atoms with Crippen LogP contribution in [-0.2, 0) is 4.79 Å².